The summed E-state index contributed by atoms with van der Waals surface area (Å²) in [5.41, 5.74) is 0.451. The Labute approximate surface area is 72.4 Å². The van der Waals surface area contributed by atoms with Crippen LogP contribution in [0.2, 0.25) is 0 Å². The second-order valence-electron chi connectivity index (χ2n) is 3.28. The highest BCUT2D eigenvalue weighted by atomic mass is 19.1. The Morgan fingerprint density at radius 2 is 2.08 bits per heavy atom. The van der Waals surface area contributed by atoms with Gasteiger partial charge in [-0.2, -0.15) is 0 Å². The van der Waals surface area contributed by atoms with Crippen LogP contribution in [0.3, 0.4) is 0 Å². The number of rotatable bonds is 1. The largest absolute Gasteiger partial charge is 0.207 e. The molecule has 1 heteroatoms. The topological polar surface area (TPSA) is 0 Å². The Balaban J connectivity index is 3.14. The van der Waals surface area contributed by atoms with Crippen molar-refractivity contribution >= 4 is 0 Å². The van der Waals surface area contributed by atoms with Crippen LogP contribution in [0.4, 0.5) is 4.39 Å². The predicted octanol–water partition coefficient (Wildman–Crippen LogP) is 2.74. The van der Waals surface area contributed by atoms with Gasteiger partial charge in [-0.1, -0.05) is 18.1 Å². The van der Waals surface area contributed by atoms with Crippen molar-refractivity contribution in [2.24, 2.45) is 0 Å². The van der Waals surface area contributed by atoms with Crippen LogP contribution in [0, 0.1) is 18.2 Å². The van der Waals surface area contributed by atoms with Gasteiger partial charge in [0.2, 0.25) is 0 Å². The number of benzene rings is 1. The van der Waals surface area contributed by atoms with Crippen LogP contribution in [-0.2, 0) is 5.41 Å². The van der Waals surface area contributed by atoms with Crippen LogP contribution in [0.5, 0.6) is 0 Å². The average molecular weight is 162 g/mol. The van der Waals surface area contributed by atoms with Crippen LogP contribution < -0.4 is 0 Å². The van der Waals surface area contributed by atoms with Gasteiger partial charge in [0, 0.05) is 0 Å². The molecule has 0 atom stereocenters. The summed E-state index contributed by atoms with van der Waals surface area (Å²) < 4.78 is 12.8. The zero-order valence-corrected chi connectivity index (χ0v) is 7.26. The zero-order chi connectivity index (χ0) is 9.19. The first-order chi connectivity index (χ1) is 5.56. The van der Waals surface area contributed by atoms with Gasteiger partial charge in [0.1, 0.15) is 5.82 Å². The minimum atomic E-state index is -0.387. The Morgan fingerprint density at radius 1 is 1.42 bits per heavy atom. The predicted molar refractivity (Wildman–Crippen MR) is 48.3 cm³/mol. The Bertz CT molecular complexity index is 318. The zero-order valence-electron chi connectivity index (χ0n) is 7.26. The van der Waals surface area contributed by atoms with Crippen molar-refractivity contribution in [1.82, 2.24) is 0 Å². The Hall–Kier alpha value is -1.29. The minimum absolute atomic E-state index is 0.240. The lowest BCUT2D eigenvalue weighted by molar-refractivity contribution is 0.614. The van der Waals surface area contributed by atoms with Crippen molar-refractivity contribution in [3.8, 4) is 12.3 Å². The van der Waals surface area contributed by atoms with Crippen LogP contribution >= 0.6 is 0 Å². The van der Waals surface area contributed by atoms with Gasteiger partial charge in [-0.25, -0.2) is 4.39 Å². The highest BCUT2D eigenvalue weighted by Gasteiger charge is 2.16. The molecule has 0 fully saturated rings. The summed E-state index contributed by atoms with van der Waals surface area (Å²) in [6, 6.07) is 6.39. The van der Waals surface area contributed by atoms with Gasteiger partial charge in [-0.15, -0.1) is 6.42 Å². The van der Waals surface area contributed by atoms with Crippen molar-refractivity contribution in [2.45, 2.75) is 19.3 Å². The molecule has 1 rings (SSSR count). The molecule has 1 aromatic carbocycles. The number of halogens is 1. The van der Waals surface area contributed by atoms with Crippen molar-refractivity contribution in [3.05, 3.63) is 35.6 Å². The molecular formula is C11H11F. The van der Waals surface area contributed by atoms with Gasteiger partial charge < -0.3 is 0 Å². The van der Waals surface area contributed by atoms with Crippen LogP contribution in [0.25, 0.3) is 0 Å². The quantitative estimate of drug-likeness (QED) is 0.557. The lowest BCUT2D eigenvalue weighted by Gasteiger charge is -2.17. The van der Waals surface area contributed by atoms with E-state index in [-0.39, 0.29) is 11.2 Å². The lowest BCUT2D eigenvalue weighted by Crippen LogP contribution is -2.13. The van der Waals surface area contributed by atoms with E-state index in [1.165, 1.54) is 12.1 Å². The summed E-state index contributed by atoms with van der Waals surface area (Å²) in [5, 5.41) is 0. The van der Waals surface area contributed by atoms with Crippen LogP contribution in [0.1, 0.15) is 19.4 Å². The van der Waals surface area contributed by atoms with E-state index in [4.69, 9.17) is 6.42 Å². The fourth-order valence-electron chi connectivity index (χ4n) is 0.961. The second kappa shape index (κ2) is 2.98. The standard InChI is InChI=1S/C11H11F/c1-4-11(2,3)9-6-5-7-10(12)8-9/h1,5-8H,2-3H3. The van der Waals surface area contributed by atoms with E-state index in [0.29, 0.717) is 0 Å². The maximum atomic E-state index is 12.8. The maximum absolute atomic E-state index is 12.8. The van der Waals surface area contributed by atoms with Crippen molar-refractivity contribution in [2.75, 3.05) is 0 Å². The SMILES string of the molecule is C#CC(C)(C)c1cccc(F)c1. The van der Waals surface area contributed by atoms with E-state index in [9.17, 15) is 4.39 Å². The van der Waals surface area contributed by atoms with Gasteiger partial charge in [-0.05, 0) is 31.5 Å². The Kier molecular flexibility index (Phi) is 2.19. The van der Waals surface area contributed by atoms with Crippen LogP contribution in [0.15, 0.2) is 24.3 Å². The van der Waals surface area contributed by atoms with Gasteiger partial charge in [0.15, 0.2) is 0 Å². The molecule has 0 unspecified atom stereocenters. The van der Waals surface area contributed by atoms with Crippen molar-refractivity contribution in [3.63, 3.8) is 0 Å². The third-order valence-electron chi connectivity index (χ3n) is 1.91. The first kappa shape index (κ1) is 8.80. The molecule has 0 saturated heterocycles. The maximum Gasteiger partial charge on any atom is 0.123 e. The fourth-order valence-corrected chi connectivity index (χ4v) is 0.961. The molecule has 0 nitrogen and oxygen atoms in total. The summed E-state index contributed by atoms with van der Waals surface area (Å²) >= 11 is 0. The monoisotopic (exact) mass is 162 g/mol. The first-order valence-electron chi connectivity index (χ1n) is 3.80. The number of terminal acetylenes is 1. The fraction of sp³-hybridized carbons (Fsp3) is 0.273. The Morgan fingerprint density at radius 3 is 2.58 bits per heavy atom. The van der Waals surface area contributed by atoms with E-state index >= 15 is 0 Å². The van der Waals surface area contributed by atoms with E-state index in [2.05, 4.69) is 5.92 Å². The van der Waals surface area contributed by atoms with E-state index in [1.807, 2.05) is 19.9 Å². The molecule has 1 aromatic rings. The number of hydrogen-bond acceptors (Lipinski definition) is 0. The summed E-state index contributed by atoms with van der Waals surface area (Å²) in [4.78, 5) is 0. The van der Waals surface area contributed by atoms with E-state index < -0.39 is 0 Å². The smallest absolute Gasteiger partial charge is 0.123 e. The molecule has 0 aliphatic carbocycles. The van der Waals surface area contributed by atoms with E-state index in [1.54, 1.807) is 6.07 Å². The highest BCUT2D eigenvalue weighted by Crippen LogP contribution is 2.22. The van der Waals surface area contributed by atoms with Crippen molar-refractivity contribution < 1.29 is 4.39 Å². The van der Waals surface area contributed by atoms with E-state index in [0.717, 1.165) is 5.56 Å². The molecule has 0 radical (unpaired) electrons. The van der Waals surface area contributed by atoms with Crippen LogP contribution in [-0.4, -0.2) is 0 Å². The molecule has 0 amide bonds. The molecule has 0 N–H and O–H groups in total. The molecule has 12 heavy (non-hydrogen) atoms. The normalized spacial score (nSPS) is 10.8. The molecule has 0 spiro atoms. The lowest BCUT2D eigenvalue weighted by atomic mass is 9.86. The third-order valence-corrected chi connectivity index (χ3v) is 1.91. The molecule has 0 heterocycles. The molecule has 0 saturated carbocycles. The van der Waals surface area contributed by atoms with Gasteiger partial charge in [-0.3, -0.25) is 0 Å². The van der Waals surface area contributed by atoms with Gasteiger partial charge >= 0.3 is 0 Å². The summed E-state index contributed by atoms with van der Waals surface area (Å²) in [6.45, 7) is 3.78. The second-order valence-corrected chi connectivity index (χ2v) is 3.28. The van der Waals surface area contributed by atoms with Gasteiger partial charge in [0.25, 0.3) is 0 Å². The van der Waals surface area contributed by atoms with Crippen molar-refractivity contribution in [1.29, 1.82) is 0 Å². The summed E-state index contributed by atoms with van der Waals surface area (Å²) in [5.74, 6) is 2.38. The first-order valence-corrected chi connectivity index (χ1v) is 3.80. The molecule has 0 bridgehead atoms. The van der Waals surface area contributed by atoms with Gasteiger partial charge in [0.05, 0.1) is 5.41 Å². The molecule has 0 aliphatic rings. The minimum Gasteiger partial charge on any atom is -0.207 e. The summed E-state index contributed by atoms with van der Waals surface area (Å²) in [6.07, 6.45) is 5.32. The summed E-state index contributed by atoms with van der Waals surface area (Å²) in [7, 11) is 0. The number of hydrogen-bond donors (Lipinski definition) is 0. The molecular weight excluding hydrogens is 151 g/mol. The third kappa shape index (κ3) is 1.65. The molecule has 0 aliphatic heterocycles. The average Bonchev–Trinajstić information content (AvgIpc) is 2.05. The molecule has 0 aromatic heterocycles. The highest BCUT2D eigenvalue weighted by molar-refractivity contribution is 5.31. The molecule has 62 valence electrons.